The first-order valence-corrected chi connectivity index (χ1v) is 7.50. The Morgan fingerprint density at radius 3 is 2.67 bits per heavy atom. The van der Waals surface area contributed by atoms with Crippen LogP contribution >= 0.6 is 0 Å². The molecule has 1 aromatic heterocycles. The fourth-order valence-corrected chi connectivity index (χ4v) is 3.00. The number of aromatic nitrogens is 2. The monoisotopic (exact) mass is 321 g/mol. The van der Waals surface area contributed by atoms with Gasteiger partial charge >= 0.3 is 0 Å². The number of nitrogens with one attached hydrogen (secondary N) is 2. The number of aromatic hydroxyl groups is 1. The molecule has 0 fully saturated rings. The van der Waals surface area contributed by atoms with Crippen molar-refractivity contribution < 1.29 is 14.6 Å². The molecule has 120 valence electrons. The van der Waals surface area contributed by atoms with Crippen LogP contribution in [0.4, 0.5) is 0 Å². The van der Waals surface area contributed by atoms with Gasteiger partial charge in [-0.1, -0.05) is 12.1 Å². The normalized spacial score (nSPS) is 15.9. The molecule has 1 amide bonds. The zero-order valence-corrected chi connectivity index (χ0v) is 12.9. The van der Waals surface area contributed by atoms with Crippen molar-refractivity contribution in [2.45, 2.75) is 6.04 Å². The largest absolute Gasteiger partial charge is 0.508 e. The predicted molar refractivity (Wildman–Crippen MR) is 88.0 cm³/mol. The molecule has 1 aliphatic rings. The van der Waals surface area contributed by atoms with E-state index in [1.54, 1.807) is 25.3 Å². The average Bonchev–Trinajstić information content (AvgIpc) is 3.17. The third-order valence-corrected chi connectivity index (χ3v) is 4.16. The fraction of sp³-hybridized carbons (Fsp3) is 0.111. The van der Waals surface area contributed by atoms with Crippen molar-refractivity contribution in [2.75, 3.05) is 7.11 Å². The molecule has 0 saturated carbocycles. The Hall–Kier alpha value is -3.28. The molecule has 0 spiro atoms. The van der Waals surface area contributed by atoms with E-state index in [1.165, 1.54) is 0 Å². The number of benzene rings is 2. The molecule has 0 saturated heterocycles. The lowest BCUT2D eigenvalue weighted by molar-refractivity contribution is 0.0955. The highest BCUT2D eigenvalue weighted by Gasteiger charge is 2.35. The molecule has 24 heavy (non-hydrogen) atoms. The predicted octanol–water partition coefficient (Wildman–Crippen LogP) is 2.62. The molecule has 3 aromatic rings. The summed E-state index contributed by atoms with van der Waals surface area (Å²) in [6, 6.07) is 14.0. The number of rotatable bonds is 3. The second-order valence-corrected chi connectivity index (χ2v) is 5.59. The number of phenolic OH excluding ortho intramolecular Hbond substituents is 1. The van der Waals surface area contributed by atoms with Crippen molar-refractivity contribution in [3.63, 3.8) is 0 Å². The number of methoxy groups -OCH3 is 1. The molecule has 2 heterocycles. The molecule has 0 bridgehead atoms. The van der Waals surface area contributed by atoms with Crippen LogP contribution in [0.2, 0.25) is 0 Å². The zero-order chi connectivity index (χ0) is 16.7. The van der Waals surface area contributed by atoms with Crippen molar-refractivity contribution >= 4 is 5.91 Å². The van der Waals surface area contributed by atoms with E-state index < -0.39 is 0 Å². The number of amides is 1. The van der Waals surface area contributed by atoms with E-state index in [0.717, 1.165) is 22.4 Å². The molecule has 6 heteroatoms. The second-order valence-electron chi connectivity index (χ2n) is 5.59. The van der Waals surface area contributed by atoms with Crippen molar-refractivity contribution in [3.8, 4) is 22.8 Å². The first kappa shape index (κ1) is 14.3. The van der Waals surface area contributed by atoms with Gasteiger partial charge in [0, 0.05) is 11.1 Å². The number of aromatic amines is 1. The highest BCUT2D eigenvalue weighted by atomic mass is 16.5. The van der Waals surface area contributed by atoms with Crippen molar-refractivity contribution in [1.29, 1.82) is 0 Å². The summed E-state index contributed by atoms with van der Waals surface area (Å²) in [5.74, 6) is 0.708. The van der Waals surface area contributed by atoms with Crippen molar-refractivity contribution in [3.05, 3.63) is 65.4 Å². The van der Waals surface area contributed by atoms with Gasteiger partial charge in [0.25, 0.3) is 5.91 Å². The quantitative estimate of drug-likeness (QED) is 0.692. The molecule has 1 atom stereocenters. The molecule has 3 N–H and O–H groups in total. The first-order valence-electron chi connectivity index (χ1n) is 7.50. The van der Waals surface area contributed by atoms with E-state index in [-0.39, 0.29) is 17.7 Å². The number of hydrogen-bond acceptors (Lipinski definition) is 4. The molecule has 6 nitrogen and oxygen atoms in total. The van der Waals surface area contributed by atoms with Gasteiger partial charge in [0.2, 0.25) is 0 Å². The maximum atomic E-state index is 12.2. The van der Waals surface area contributed by atoms with Crippen LogP contribution in [0.25, 0.3) is 11.3 Å². The Balaban J connectivity index is 1.82. The molecular formula is C18H15N3O3. The second kappa shape index (κ2) is 5.42. The third kappa shape index (κ3) is 2.20. The number of ether oxygens (including phenoxy) is 1. The van der Waals surface area contributed by atoms with E-state index >= 15 is 0 Å². The minimum atomic E-state index is -0.351. The Bertz CT molecular complexity index is 916. The Kier molecular flexibility index (Phi) is 3.23. The van der Waals surface area contributed by atoms with Gasteiger partial charge in [0.05, 0.1) is 18.8 Å². The Labute approximate surface area is 138 Å². The molecule has 1 aliphatic heterocycles. The summed E-state index contributed by atoms with van der Waals surface area (Å²) in [6.07, 6.45) is 0. The zero-order valence-electron chi connectivity index (χ0n) is 12.9. The molecule has 4 rings (SSSR count). The summed E-state index contributed by atoms with van der Waals surface area (Å²) in [7, 11) is 1.61. The van der Waals surface area contributed by atoms with Gasteiger partial charge in [0.1, 0.15) is 17.2 Å². The van der Waals surface area contributed by atoms with Gasteiger partial charge < -0.3 is 15.2 Å². The third-order valence-electron chi connectivity index (χ3n) is 4.16. The van der Waals surface area contributed by atoms with Crippen LogP contribution < -0.4 is 10.1 Å². The number of hydrogen-bond donors (Lipinski definition) is 3. The van der Waals surface area contributed by atoms with E-state index in [2.05, 4.69) is 15.5 Å². The van der Waals surface area contributed by atoms with Crippen LogP contribution in [0.15, 0.2) is 48.5 Å². The number of carbonyl (C=O) groups is 1. The molecule has 0 unspecified atom stereocenters. The Morgan fingerprint density at radius 2 is 1.96 bits per heavy atom. The van der Waals surface area contributed by atoms with Crippen LogP contribution in [-0.2, 0) is 0 Å². The first-order chi connectivity index (χ1) is 11.7. The fourth-order valence-electron chi connectivity index (χ4n) is 3.00. The minimum Gasteiger partial charge on any atom is -0.508 e. The van der Waals surface area contributed by atoms with E-state index in [4.69, 9.17) is 4.74 Å². The maximum absolute atomic E-state index is 12.2. The molecule has 2 aromatic carbocycles. The standard InChI is InChI=1S/C18H15N3O3/c1-24-13-7-5-10(6-8-13)16-14-15(11-3-2-4-12(22)9-11)19-18(23)17(14)21-20-16/h2-9,15,22H,1H3,(H,19,23)(H,20,21)/t15-/m0/s1. The van der Waals surface area contributed by atoms with E-state index in [9.17, 15) is 9.90 Å². The van der Waals surface area contributed by atoms with Gasteiger partial charge in [-0.2, -0.15) is 5.10 Å². The van der Waals surface area contributed by atoms with Crippen LogP contribution in [0.5, 0.6) is 11.5 Å². The summed E-state index contributed by atoms with van der Waals surface area (Å²) in [6.45, 7) is 0. The lowest BCUT2D eigenvalue weighted by atomic mass is 9.96. The summed E-state index contributed by atoms with van der Waals surface area (Å²) < 4.78 is 5.18. The number of phenols is 1. The highest BCUT2D eigenvalue weighted by Crippen LogP contribution is 2.37. The van der Waals surface area contributed by atoms with Gasteiger partial charge in [-0.05, 0) is 42.0 Å². The van der Waals surface area contributed by atoms with Gasteiger partial charge in [0.15, 0.2) is 0 Å². The van der Waals surface area contributed by atoms with Crippen molar-refractivity contribution in [1.82, 2.24) is 15.5 Å². The lowest BCUT2D eigenvalue weighted by Gasteiger charge is -2.13. The van der Waals surface area contributed by atoms with Crippen LogP contribution in [-0.4, -0.2) is 28.3 Å². The van der Waals surface area contributed by atoms with Gasteiger partial charge in [-0.25, -0.2) is 0 Å². The molecule has 0 radical (unpaired) electrons. The van der Waals surface area contributed by atoms with E-state index in [0.29, 0.717) is 11.4 Å². The van der Waals surface area contributed by atoms with Gasteiger partial charge in [-0.15, -0.1) is 0 Å². The van der Waals surface area contributed by atoms with Crippen LogP contribution in [0.1, 0.15) is 27.7 Å². The number of carbonyl (C=O) groups excluding carboxylic acids is 1. The summed E-state index contributed by atoms with van der Waals surface area (Å²) >= 11 is 0. The highest BCUT2D eigenvalue weighted by molar-refractivity contribution is 6.00. The van der Waals surface area contributed by atoms with Crippen LogP contribution in [0, 0.1) is 0 Å². The average molecular weight is 321 g/mol. The number of H-pyrrole nitrogens is 1. The topological polar surface area (TPSA) is 87.2 Å². The molecular weight excluding hydrogens is 306 g/mol. The molecule has 0 aliphatic carbocycles. The number of nitrogens with zero attached hydrogens (tertiary/aromatic N) is 1. The lowest BCUT2D eigenvalue weighted by Crippen LogP contribution is -2.21. The Morgan fingerprint density at radius 1 is 1.17 bits per heavy atom. The SMILES string of the molecule is COc1ccc(-c2n[nH]c3c2[C@H](c2cccc(O)c2)NC3=O)cc1. The maximum Gasteiger partial charge on any atom is 0.270 e. The van der Waals surface area contributed by atoms with Crippen LogP contribution in [0.3, 0.4) is 0 Å². The van der Waals surface area contributed by atoms with E-state index in [1.807, 2.05) is 30.3 Å². The summed E-state index contributed by atoms with van der Waals surface area (Å²) in [5.41, 5.74) is 3.64. The minimum absolute atomic E-state index is 0.157. The smallest absolute Gasteiger partial charge is 0.270 e. The van der Waals surface area contributed by atoms with Crippen molar-refractivity contribution in [2.24, 2.45) is 0 Å². The summed E-state index contributed by atoms with van der Waals surface area (Å²) in [5, 5.41) is 19.8. The van der Waals surface area contributed by atoms with Gasteiger partial charge in [-0.3, -0.25) is 9.89 Å². The summed E-state index contributed by atoms with van der Waals surface area (Å²) in [4.78, 5) is 12.2. The number of fused-ring (bicyclic) bond motifs is 1.